The zero-order chi connectivity index (χ0) is 15.2. The maximum Gasteiger partial charge on any atom is 0.328 e. The molecule has 6 nitrogen and oxygen atoms in total. The summed E-state index contributed by atoms with van der Waals surface area (Å²) in [5, 5.41) is 19.1. The quantitative estimate of drug-likeness (QED) is 0.718. The van der Waals surface area contributed by atoms with Gasteiger partial charge in [0, 0.05) is 43.0 Å². The zero-order valence-corrected chi connectivity index (χ0v) is 11.5. The topological polar surface area (TPSA) is 89.9 Å². The van der Waals surface area contributed by atoms with Gasteiger partial charge in [-0.1, -0.05) is 18.2 Å². The number of rotatable bonds is 3. The van der Waals surface area contributed by atoms with E-state index in [1.54, 1.807) is 0 Å². The number of para-hydroxylation sites is 1. The van der Waals surface area contributed by atoms with Crippen molar-refractivity contribution in [1.29, 1.82) is 0 Å². The monoisotopic (exact) mass is 290 g/mol. The van der Waals surface area contributed by atoms with Crippen LogP contribution in [0.3, 0.4) is 0 Å². The molecular weight excluding hydrogens is 272 g/mol. The van der Waals surface area contributed by atoms with Crippen molar-refractivity contribution >= 4 is 17.6 Å². The lowest BCUT2D eigenvalue weighted by Crippen LogP contribution is -2.43. The molecule has 2 aliphatic rings. The summed E-state index contributed by atoms with van der Waals surface area (Å²) in [6, 6.07) is 12.2. The molecule has 6 heteroatoms. The molecule has 3 rings (SSSR count). The van der Waals surface area contributed by atoms with Gasteiger partial charge in [-0.3, -0.25) is 0 Å². The smallest absolute Gasteiger partial charge is 0.328 e. The van der Waals surface area contributed by atoms with E-state index in [1.165, 1.54) is 25.2 Å². The van der Waals surface area contributed by atoms with E-state index in [4.69, 9.17) is 10.2 Å². The Labute approximate surface area is 122 Å². The molecule has 2 heterocycles. The molecule has 1 aromatic rings. The normalized spacial score (nSPS) is 23.0. The minimum atomic E-state index is -1.26. The Hall–Kier alpha value is -2.34. The summed E-state index contributed by atoms with van der Waals surface area (Å²) in [5.41, 5.74) is 1.39. The minimum absolute atomic E-state index is 0.558. The molecule has 21 heavy (non-hydrogen) atoms. The molecule has 2 atom stereocenters. The highest BCUT2D eigenvalue weighted by Gasteiger charge is 2.37. The zero-order valence-electron chi connectivity index (χ0n) is 11.5. The number of benzene rings is 1. The van der Waals surface area contributed by atoms with Crippen LogP contribution in [-0.4, -0.2) is 47.3 Å². The van der Waals surface area contributed by atoms with Crippen LogP contribution in [0.15, 0.2) is 42.5 Å². The Balaban J connectivity index is 0.000000177. The van der Waals surface area contributed by atoms with Crippen LogP contribution in [0.25, 0.3) is 0 Å². The lowest BCUT2D eigenvalue weighted by molar-refractivity contribution is -0.134. The van der Waals surface area contributed by atoms with E-state index in [1.807, 2.05) is 0 Å². The lowest BCUT2D eigenvalue weighted by atomic mass is 10.2. The number of carbonyl (C=O) groups is 2. The van der Waals surface area contributed by atoms with E-state index >= 15 is 0 Å². The van der Waals surface area contributed by atoms with Crippen molar-refractivity contribution in [2.24, 2.45) is 0 Å². The number of carboxylic acids is 2. The van der Waals surface area contributed by atoms with Gasteiger partial charge in [-0.05, 0) is 18.6 Å². The van der Waals surface area contributed by atoms with Gasteiger partial charge in [-0.2, -0.15) is 0 Å². The number of fused-ring (bicyclic) bond motifs is 2. The Morgan fingerprint density at radius 1 is 1.14 bits per heavy atom. The first-order valence-corrected chi connectivity index (χ1v) is 6.75. The SMILES string of the molecule is O=C(O)/C=C/C(=O)O.c1ccc(N2CC3CC2CN3)cc1. The van der Waals surface area contributed by atoms with Gasteiger partial charge in [0.25, 0.3) is 0 Å². The van der Waals surface area contributed by atoms with Crippen LogP contribution in [-0.2, 0) is 9.59 Å². The van der Waals surface area contributed by atoms with E-state index in [0.717, 1.165) is 12.1 Å². The van der Waals surface area contributed by atoms with Crippen molar-refractivity contribution in [2.45, 2.75) is 18.5 Å². The third-order valence-electron chi connectivity index (χ3n) is 3.51. The maximum absolute atomic E-state index is 9.55. The van der Waals surface area contributed by atoms with Crippen LogP contribution in [0.5, 0.6) is 0 Å². The molecule has 2 aliphatic heterocycles. The van der Waals surface area contributed by atoms with Gasteiger partial charge in [0.1, 0.15) is 0 Å². The molecule has 0 saturated carbocycles. The minimum Gasteiger partial charge on any atom is -0.478 e. The molecule has 0 amide bonds. The van der Waals surface area contributed by atoms with Crippen molar-refractivity contribution in [1.82, 2.24) is 5.32 Å². The fourth-order valence-corrected chi connectivity index (χ4v) is 2.64. The summed E-state index contributed by atoms with van der Waals surface area (Å²) in [4.78, 5) is 21.6. The summed E-state index contributed by atoms with van der Waals surface area (Å²) in [5.74, 6) is -2.51. The molecule has 2 unspecified atom stereocenters. The van der Waals surface area contributed by atoms with Gasteiger partial charge >= 0.3 is 11.9 Å². The summed E-state index contributed by atoms with van der Waals surface area (Å²) < 4.78 is 0. The molecular formula is C15H18N2O4. The number of hydrogen-bond donors (Lipinski definition) is 3. The van der Waals surface area contributed by atoms with E-state index in [2.05, 4.69) is 40.5 Å². The van der Waals surface area contributed by atoms with Gasteiger partial charge in [-0.25, -0.2) is 9.59 Å². The van der Waals surface area contributed by atoms with E-state index in [0.29, 0.717) is 12.2 Å². The Morgan fingerprint density at radius 3 is 2.19 bits per heavy atom. The second-order valence-corrected chi connectivity index (χ2v) is 4.99. The fraction of sp³-hybridized carbons (Fsp3) is 0.333. The first-order valence-electron chi connectivity index (χ1n) is 6.75. The van der Waals surface area contributed by atoms with E-state index < -0.39 is 11.9 Å². The fourth-order valence-electron chi connectivity index (χ4n) is 2.64. The average Bonchev–Trinajstić information content (AvgIpc) is 3.09. The Morgan fingerprint density at radius 2 is 1.76 bits per heavy atom. The maximum atomic E-state index is 9.55. The average molecular weight is 290 g/mol. The van der Waals surface area contributed by atoms with E-state index in [9.17, 15) is 9.59 Å². The molecule has 0 radical (unpaired) electrons. The number of carboxylic acid groups (broad SMARTS) is 2. The Bertz CT molecular complexity index is 514. The highest BCUT2D eigenvalue weighted by Crippen LogP contribution is 2.28. The molecule has 2 fully saturated rings. The molecule has 112 valence electrons. The van der Waals surface area contributed by atoms with Crippen molar-refractivity contribution in [3.05, 3.63) is 42.5 Å². The lowest BCUT2D eigenvalue weighted by Gasteiger charge is -2.29. The Kier molecular flexibility index (Phi) is 4.94. The second-order valence-electron chi connectivity index (χ2n) is 4.99. The van der Waals surface area contributed by atoms with Gasteiger partial charge in [0.05, 0.1) is 0 Å². The van der Waals surface area contributed by atoms with E-state index in [-0.39, 0.29) is 0 Å². The van der Waals surface area contributed by atoms with Gasteiger partial charge in [-0.15, -0.1) is 0 Å². The summed E-state index contributed by atoms with van der Waals surface area (Å²) in [6.45, 7) is 2.36. The number of piperazine rings is 1. The molecule has 1 aromatic carbocycles. The van der Waals surface area contributed by atoms with Crippen molar-refractivity contribution < 1.29 is 19.8 Å². The number of aliphatic carboxylic acids is 2. The largest absolute Gasteiger partial charge is 0.478 e. The highest BCUT2D eigenvalue weighted by atomic mass is 16.4. The first-order chi connectivity index (χ1) is 10.1. The first kappa shape index (κ1) is 15.1. The third kappa shape index (κ3) is 4.32. The number of nitrogens with zero attached hydrogens (tertiary/aromatic N) is 1. The molecule has 2 saturated heterocycles. The molecule has 3 N–H and O–H groups in total. The summed E-state index contributed by atoms with van der Waals surface area (Å²) in [6.07, 6.45) is 2.44. The molecule has 0 aromatic heterocycles. The molecule has 0 spiro atoms. The second kappa shape index (κ2) is 6.90. The third-order valence-corrected chi connectivity index (χ3v) is 3.51. The number of hydrogen-bond acceptors (Lipinski definition) is 4. The standard InChI is InChI=1S/C11H14N2.C4H4O4/c1-2-4-10(5-3-1)13-8-9-6-11(13)7-12-9;5-3(6)1-2-4(7)8/h1-5,9,11-12H,6-8H2;1-2H,(H,5,6)(H,7,8)/b;2-1+. The molecule has 2 bridgehead atoms. The van der Waals surface area contributed by atoms with Crippen LogP contribution in [0.2, 0.25) is 0 Å². The van der Waals surface area contributed by atoms with Crippen LogP contribution < -0.4 is 10.2 Å². The van der Waals surface area contributed by atoms with Crippen molar-refractivity contribution in [3.8, 4) is 0 Å². The summed E-state index contributed by atoms with van der Waals surface area (Å²) in [7, 11) is 0. The van der Waals surface area contributed by atoms with Crippen LogP contribution in [0, 0.1) is 0 Å². The van der Waals surface area contributed by atoms with Gasteiger partial charge < -0.3 is 20.4 Å². The van der Waals surface area contributed by atoms with Gasteiger partial charge in [0.2, 0.25) is 0 Å². The summed E-state index contributed by atoms with van der Waals surface area (Å²) >= 11 is 0. The number of nitrogens with one attached hydrogen (secondary N) is 1. The predicted octanol–water partition coefficient (Wildman–Crippen LogP) is 0.949. The van der Waals surface area contributed by atoms with Crippen LogP contribution in [0.4, 0.5) is 5.69 Å². The molecule has 0 aliphatic carbocycles. The van der Waals surface area contributed by atoms with Crippen LogP contribution in [0.1, 0.15) is 6.42 Å². The number of anilines is 1. The highest BCUT2D eigenvalue weighted by molar-refractivity contribution is 5.89. The van der Waals surface area contributed by atoms with Gasteiger partial charge in [0.15, 0.2) is 0 Å². The van der Waals surface area contributed by atoms with Crippen LogP contribution >= 0.6 is 0 Å². The predicted molar refractivity (Wildman–Crippen MR) is 78.4 cm³/mol. The van der Waals surface area contributed by atoms with Crippen molar-refractivity contribution in [2.75, 3.05) is 18.0 Å². The van der Waals surface area contributed by atoms with Crippen molar-refractivity contribution in [3.63, 3.8) is 0 Å².